The zero-order valence-corrected chi connectivity index (χ0v) is 16.0. The molecule has 1 N–H and O–H groups in total. The summed E-state index contributed by atoms with van der Waals surface area (Å²) in [5.41, 5.74) is 1.03. The van der Waals surface area contributed by atoms with Gasteiger partial charge in [-0.1, -0.05) is 26.0 Å². The Labute approximate surface area is 161 Å². The summed E-state index contributed by atoms with van der Waals surface area (Å²) in [6.45, 7) is 3.86. The van der Waals surface area contributed by atoms with Crippen LogP contribution in [0.15, 0.2) is 53.4 Å². The number of hydrogen-bond acceptors (Lipinski definition) is 4. The molecular formula is C19H19F3N2O3S. The molecule has 0 saturated heterocycles. The molecule has 2 aromatic carbocycles. The molecule has 0 amide bonds. The van der Waals surface area contributed by atoms with Crippen LogP contribution in [0.2, 0.25) is 0 Å². The van der Waals surface area contributed by atoms with E-state index in [2.05, 4.69) is 9.46 Å². The van der Waals surface area contributed by atoms with E-state index in [0.717, 1.165) is 24.3 Å². The molecule has 0 saturated carbocycles. The number of nitriles is 1. The van der Waals surface area contributed by atoms with Crippen LogP contribution >= 0.6 is 0 Å². The Balaban J connectivity index is 2.28. The molecule has 5 nitrogen and oxygen atoms in total. The Morgan fingerprint density at radius 3 is 2.32 bits per heavy atom. The van der Waals surface area contributed by atoms with Crippen molar-refractivity contribution in [2.24, 2.45) is 5.92 Å². The number of hydrogen-bond donors (Lipinski definition) is 1. The number of halogens is 3. The van der Waals surface area contributed by atoms with Gasteiger partial charge in [0.1, 0.15) is 5.75 Å². The molecule has 0 fully saturated rings. The largest absolute Gasteiger partial charge is 0.573 e. The van der Waals surface area contributed by atoms with Gasteiger partial charge in [0.2, 0.25) is 10.0 Å². The van der Waals surface area contributed by atoms with Gasteiger partial charge in [0.25, 0.3) is 0 Å². The fourth-order valence-electron chi connectivity index (χ4n) is 2.62. The Morgan fingerprint density at radius 1 is 1.14 bits per heavy atom. The molecule has 0 unspecified atom stereocenters. The summed E-state index contributed by atoms with van der Waals surface area (Å²) in [4.78, 5) is -0.188. The summed E-state index contributed by atoms with van der Waals surface area (Å²) in [6.07, 6.45) is -4.38. The van der Waals surface area contributed by atoms with Crippen LogP contribution in [0.25, 0.3) is 0 Å². The molecule has 0 bridgehead atoms. The van der Waals surface area contributed by atoms with Crippen molar-refractivity contribution in [3.8, 4) is 11.8 Å². The molecule has 2 rings (SSSR count). The maximum atomic E-state index is 12.7. The van der Waals surface area contributed by atoms with Crippen LogP contribution in [0.1, 0.15) is 37.4 Å². The zero-order valence-electron chi connectivity index (χ0n) is 15.2. The monoisotopic (exact) mass is 412 g/mol. The summed E-state index contributed by atoms with van der Waals surface area (Å²) >= 11 is 0. The van der Waals surface area contributed by atoms with E-state index in [1.54, 1.807) is 24.3 Å². The highest BCUT2D eigenvalue weighted by atomic mass is 32.2. The van der Waals surface area contributed by atoms with Crippen LogP contribution in [0.3, 0.4) is 0 Å². The number of ether oxygens (including phenoxy) is 1. The van der Waals surface area contributed by atoms with Crippen LogP contribution in [-0.4, -0.2) is 14.8 Å². The maximum absolute atomic E-state index is 12.7. The smallest absolute Gasteiger partial charge is 0.406 e. The predicted octanol–water partition coefficient (Wildman–Crippen LogP) is 4.52. The lowest BCUT2D eigenvalue weighted by molar-refractivity contribution is -0.274. The van der Waals surface area contributed by atoms with Gasteiger partial charge in [0.15, 0.2) is 0 Å². The van der Waals surface area contributed by atoms with Crippen molar-refractivity contribution in [3.63, 3.8) is 0 Å². The molecular weight excluding hydrogens is 393 g/mol. The number of benzene rings is 2. The fraction of sp³-hybridized carbons (Fsp3) is 0.316. The van der Waals surface area contributed by atoms with Crippen LogP contribution in [-0.2, 0) is 10.0 Å². The molecule has 9 heteroatoms. The number of nitrogens with one attached hydrogen (secondary N) is 1. The predicted molar refractivity (Wildman–Crippen MR) is 96.8 cm³/mol. The third-order valence-corrected chi connectivity index (χ3v) is 5.28. The van der Waals surface area contributed by atoms with Crippen LogP contribution in [0.4, 0.5) is 13.2 Å². The normalized spacial score (nSPS) is 13.2. The number of alkyl halides is 3. The lowest BCUT2D eigenvalue weighted by atomic mass is 9.97. The first-order valence-electron chi connectivity index (χ1n) is 8.38. The van der Waals surface area contributed by atoms with Gasteiger partial charge < -0.3 is 4.74 Å². The van der Waals surface area contributed by atoms with E-state index in [1.165, 1.54) is 0 Å². The SMILES string of the molecule is CC(C)C[C@@H](NS(=O)(=O)c1ccc(OC(F)(F)F)cc1)c1cccc(C#N)c1. The second-order valence-corrected chi connectivity index (χ2v) is 8.27. The van der Waals surface area contributed by atoms with Crippen molar-refractivity contribution < 1.29 is 26.3 Å². The summed E-state index contributed by atoms with van der Waals surface area (Å²) < 4.78 is 68.5. The fourth-order valence-corrected chi connectivity index (χ4v) is 3.86. The molecule has 0 aliphatic rings. The van der Waals surface area contributed by atoms with Gasteiger partial charge in [-0.15, -0.1) is 13.2 Å². The molecule has 1 atom stereocenters. The number of nitrogens with zero attached hydrogens (tertiary/aromatic N) is 1. The standard InChI is InChI=1S/C19H19F3N2O3S/c1-13(2)10-18(15-5-3-4-14(11-15)12-23)24-28(25,26)17-8-6-16(7-9-17)27-19(20,21)22/h3-9,11,13,18,24H,10H2,1-2H3/t18-/m1/s1. The average Bonchev–Trinajstić information content (AvgIpc) is 2.59. The van der Waals surface area contributed by atoms with Crippen molar-refractivity contribution in [1.29, 1.82) is 5.26 Å². The van der Waals surface area contributed by atoms with Crippen molar-refractivity contribution >= 4 is 10.0 Å². The van der Waals surface area contributed by atoms with E-state index in [-0.39, 0.29) is 10.8 Å². The first kappa shape index (κ1) is 21.7. The van der Waals surface area contributed by atoms with Crippen LogP contribution in [0, 0.1) is 17.2 Å². The average molecular weight is 412 g/mol. The Morgan fingerprint density at radius 2 is 1.79 bits per heavy atom. The molecule has 2 aromatic rings. The highest BCUT2D eigenvalue weighted by Gasteiger charge is 2.31. The van der Waals surface area contributed by atoms with Gasteiger partial charge in [-0.2, -0.15) is 5.26 Å². The van der Waals surface area contributed by atoms with Gasteiger partial charge in [-0.05, 0) is 54.3 Å². The minimum absolute atomic E-state index is 0.154. The first-order chi connectivity index (χ1) is 13.0. The lowest BCUT2D eigenvalue weighted by Crippen LogP contribution is -2.29. The second kappa shape index (κ2) is 8.63. The Kier molecular flexibility index (Phi) is 6.69. The minimum Gasteiger partial charge on any atom is -0.406 e. The first-order valence-corrected chi connectivity index (χ1v) is 9.86. The van der Waals surface area contributed by atoms with Crippen LogP contribution < -0.4 is 9.46 Å². The summed E-state index contributed by atoms with van der Waals surface area (Å²) in [6, 6.07) is 12.0. The minimum atomic E-state index is -4.85. The third kappa shape index (κ3) is 6.25. The molecule has 28 heavy (non-hydrogen) atoms. The van der Waals surface area contributed by atoms with Crippen LogP contribution in [0.5, 0.6) is 5.75 Å². The highest BCUT2D eigenvalue weighted by molar-refractivity contribution is 7.89. The summed E-state index contributed by atoms with van der Waals surface area (Å²) in [5.74, 6) is -0.354. The van der Waals surface area contributed by atoms with E-state index in [4.69, 9.17) is 5.26 Å². The van der Waals surface area contributed by atoms with Crippen molar-refractivity contribution in [1.82, 2.24) is 4.72 Å². The molecule has 150 valence electrons. The topological polar surface area (TPSA) is 79.2 Å². The molecule has 0 aliphatic heterocycles. The maximum Gasteiger partial charge on any atom is 0.573 e. The van der Waals surface area contributed by atoms with E-state index in [9.17, 15) is 21.6 Å². The van der Waals surface area contributed by atoms with Crippen molar-refractivity contribution in [3.05, 3.63) is 59.7 Å². The second-order valence-electron chi connectivity index (χ2n) is 6.56. The van der Waals surface area contributed by atoms with E-state index in [0.29, 0.717) is 17.5 Å². The zero-order chi connectivity index (χ0) is 20.9. The number of sulfonamides is 1. The van der Waals surface area contributed by atoms with Gasteiger partial charge >= 0.3 is 6.36 Å². The third-order valence-electron chi connectivity index (χ3n) is 3.79. The molecule has 0 aromatic heterocycles. The van der Waals surface area contributed by atoms with Gasteiger partial charge in [-0.25, -0.2) is 13.1 Å². The quantitative estimate of drug-likeness (QED) is 0.725. The molecule has 0 aliphatic carbocycles. The summed E-state index contributed by atoms with van der Waals surface area (Å²) in [5, 5.41) is 9.06. The van der Waals surface area contributed by atoms with Crippen molar-refractivity contribution in [2.45, 2.75) is 37.6 Å². The summed E-state index contributed by atoms with van der Waals surface area (Å²) in [7, 11) is -4.00. The Hall–Kier alpha value is -2.57. The molecule has 0 heterocycles. The highest BCUT2D eigenvalue weighted by Crippen LogP contribution is 2.27. The van der Waals surface area contributed by atoms with E-state index in [1.807, 2.05) is 19.9 Å². The molecule has 0 spiro atoms. The van der Waals surface area contributed by atoms with E-state index >= 15 is 0 Å². The lowest BCUT2D eigenvalue weighted by Gasteiger charge is -2.21. The van der Waals surface area contributed by atoms with Gasteiger partial charge in [0, 0.05) is 6.04 Å². The van der Waals surface area contributed by atoms with Crippen molar-refractivity contribution in [2.75, 3.05) is 0 Å². The van der Waals surface area contributed by atoms with Gasteiger partial charge in [-0.3, -0.25) is 0 Å². The van der Waals surface area contributed by atoms with E-state index < -0.39 is 28.2 Å². The Bertz CT molecular complexity index is 950. The van der Waals surface area contributed by atoms with Gasteiger partial charge in [0.05, 0.1) is 16.5 Å². The molecule has 0 radical (unpaired) electrons. The number of rotatable bonds is 7.